The van der Waals surface area contributed by atoms with E-state index in [0.29, 0.717) is 11.5 Å². The van der Waals surface area contributed by atoms with Crippen LogP contribution in [0.2, 0.25) is 0 Å². The predicted octanol–water partition coefficient (Wildman–Crippen LogP) is 36.4. The lowest BCUT2D eigenvalue weighted by atomic mass is 9.67. The highest BCUT2D eigenvalue weighted by atomic mass is 19.4. The largest absolute Gasteiger partial charge is 0.457 e. The van der Waals surface area contributed by atoms with Gasteiger partial charge in [0.25, 0.3) is 0 Å². The molecule has 2 aliphatic carbocycles. The summed E-state index contributed by atoms with van der Waals surface area (Å²) in [6.07, 6.45) is -10.2. The summed E-state index contributed by atoms with van der Waals surface area (Å²) < 4.78 is 110. The molecule has 0 saturated heterocycles. The van der Waals surface area contributed by atoms with E-state index in [4.69, 9.17) is 18.9 Å². The van der Waals surface area contributed by atoms with Gasteiger partial charge in [0.1, 0.15) is 46.0 Å². The van der Waals surface area contributed by atoms with Crippen molar-refractivity contribution in [2.24, 2.45) is 0 Å². The third-order valence-corrected chi connectivity index (χ3v) is 28.4. The lowest BCUT2D eigenvalue weighted by Gasteiger charge is -2.38. The Balaban J connectivity index is 0.000000135. The van der Waals surface area contributed by atoms with Gasteiger partial charge in [0, 0.05) is 21.7 Å². The first-order valence-electron chi connectivity index (χ1n) is 48.4. The van der Waals surface area contributed by atoms with Crippen LogP contribution in [0.4, 0.5) is 26.3 Å². The van der Waals surface area contributed by atoms with Crippen LogP contribution in [-0.4, -0.2) is 12.4 Å². The molecule has 17 aromatic rings. The maximum absolute atomic E-state index is 14.4. The first-order valence-corrected chi connectivity index (χ1v) is 48.4. The van der Waals surface area contributed by atoms with E-state index in [0.717, 1.165) is 82.7 Å². The third kappa shape index (κ3) is 22.1. The minimum Gasteiger partial charge on any atom is -0.457 e. The summed E-state index contributed by atoms with van der Waals surface area (Å²) in [5.74, 6) is 4.39. The second kappa shape index (κ2) is 41.5. The van der Waals surface area contributed by atoms with Gasteiger partial charge in [0.05, 0.1) is 5.41 Å². The van der Waals surface area contributed by atoms with Crippen LogP contribution in [0.1, 0.15) is 208 Å². The Morgan fingerprint density at radius 3 is 0.660 bits per heavy atom. The molecule has 4 nitrogen and oxygen atoms in total. The van der Waals surface area contributed by atoms with Gasteiger partial charge in [-0.25, -0.2) is 0 Å². The van der Waals surface area contributed by atoms with Crippen LogP contribution in [0.15, 0.2) is 406 Å². The van der Waals surface area contributed by atoms with Gasteiger partial charge in [0.2, 0.25) is 5.41 Å². The number of aryl methyl sites for hydroxylation is 10. The maximum Gasteiger partial charge on any atom is 0.411 e. The van der Waals surface area contributed by atoms with Crippen LogP contribution in [0.3, 0.4) is 0 Å². The number of fused-ring (bicyclic) bond motifs is 4. The summed E-state index contributed by atoms with van der Waals surface area (Å²) in [7, 11) is 0. The summed E-state index contributed by atoms with van der Waals surface area (Å²) in [6, 6.07) is 133. The number of rotatable bonds is 19. The molecule has 0 fully saturated rings. The Hall–Kier alpha value is -14.5. The van der Waals surface area contributed by atoms with Crippen molar-refractivity contribution in [3.8, 4) is 57.1 Å². The molecule has 0 heterocycles. The van der Waals surface area contributed by atoms with E-state index in [2.05, 4.69) is 379 Å². The van der Waals surface area contributed by atoms with Gasteiger partial charge in [-0.05, 0) is 273 Å². The van der Waals surface area contributed by atoms with Gasteiger partial charge in [0.15, 0.2) is 0 Å². The fourth-order valence-corrected chi connectivity index (χ4v) is 19.7. The molecule has 716 valence electrons. The van der Waals surface area contributed by atoms with E-state index in [1.54, 1.807) is 48.5 Å². The van der Waals surface area contributed by atoms with Gasteiger partial charge in [-0.1, -0.05) is 427 Å². The topological polar surface area (TPSA) is 36.9 Å². The van der Waals surface area contributed by atoms with Crippen LogP contribution in [-0.2, 0) is 37.9 Å². The van der Waals surface area contributed by atoms with E-state index in [-0.39, 0.29) is 44.0 Å². The van der Waals surface area contributed by atoms with Gasteiger partial charge in [-0.15, -0.1) is 0 Å². The third-order valence-electron chi connectivity index (χ3n) is 28.4. The van der Waals surface area contributed by atoms with E-state index < -0.39 is 28.9 Å². The van der Waals surface area contributed by atoms with Gasteiger partial charge in [-0.2, -0.15) is 26.3 Å². The number of ether oxygens (including phenoxy) is 4. The molecule has 0 bridgehead atoms. The quantitative estimate of drug-likeness (QED) is 0.0756. The smallest absolute Gasteiger partial charge is 0.411 e. The molecule has 141 heavy (non-hydrogen) atoms. The van der Waals surface area contributed by atoms with E-state index in [1.807, 2.05) is 62.4 Å². The number of hydrogen-bond donors (Lipinski definition) is 0. The zero-order valence-corrected chi connectivity index (χ0v) is 84.3. The van der Waals surface area contributed by atoms with Crippen molar-refractivity contribution in [2.75, 3.05) is 0 Å². The second-order valence-corrected chi connectivity index (χ2v) is 40.6. The molecule has 1 atom stereocenters. The summed E-state index contributed by atoms with van der Waals surface area (Å²) in [6.45, 7) is 41.7. The monoisotopic (exact) mass is 1880 g/mol. The Morgan fingerprint density at radius 2 is 0.404 bits per heavy atom. The summed E-state index contributed by atoms with van der Waals surface area (Å²) >= 11 is 0. The summed E-state index contributed by atoms with van der Waals surface area (Å²) in [4.78, 5) is 0. The summed E-state index contributed by atoms with van der Waals surface area (Å²) in [5.41, 5.74) is 26.5. The Labute approximate surface area is 830 Å². The maximum atomic E-state index is 14.4. The fourth-order valence-electron chi connectivity index (χ4n) is 19.7. The zero-order chi connectivity index (χ0) is 101. The highest BCUT2D eigenvalue weighted by Crippen LogP contribution is 2.59. The summed E-state index contributed by atoms with van der Waals surface area (Å²) in [5, 5.41) is 0. The average molecular weight is 1880 g/mol. The van der Waals surface area contributed by atoms with Crippen molar-refractivity contribution in [3.05, 3.63) is 546 Å². The molecular formula is C131H126F6O4. The van der Waals surface area contributed by atoms with Crippen molar-refractivity contribution in [3.63, 3.8) is 0 Å². The van der Waals surface area contributed by atoms with E-state index >= 15 is 0 Å². The molecule has 0 radical (unpaired) electrons. The number of benzene rings is 17. The minimum atomic E-state index is -5.69. The zero-order valence-electron chi connectivity index (χ0n) is 84.3. The van der Waals surface area contributed by atoms with Gasteiger partial charge < -0.3 is 18.9 Å². The lowest BCUT2D eigenvalue weighted by molar-refractivity contribution is -0.288. The normalized spacial score (nSPS) is 14.0. The molecule has 0 aliphatic heterocycles. The predicted molar refractivity (Wildman–Crippen MR) is 569 cm³/mol. The first-order chi connectivity index (χ1) is 67.0. The van der Waals surface area contributed by atoms with Crippen LogP contribution in [0.5, 0.6) is 46.0 Å². The molecule has 17 aromatic carbocycles. The van der Waals surface area contributed by atoms with Crippen molar-refractivity contribution in [1.82, 2.24) is 0 Å². The second-order valence-electron chi connectivity index (χ2n) is 40.6. The Morgan fingerprint density at radius 1 is 0.206 bits per heavy atom. The Bertz CT molecular complexity index is 6700. The fraction of sp³-hybridized carbons (Fsp3) is 0.221. The first kappa shape index (κ1) is 101. The molecule has 0 N–H and O–H groups in total. The molecule has 0 aromatic heterocycles. The average Bonchev–Trinajstić information content (AvgIpc) is 1.43. The highest BCUT2D eigenvalue weighted by molar-refractivity contribution is 5.86. The van der Waals surface area contributed by atoms with E-state index in [1.165, 1.54) is 134 Å². The van der Waals surface area contributed by atoms with Crippen LogP contribution in [0.25, 0.3) is 11.1 Å². The van der Waals surface area contributed by atoms with Crippen molar-refractivity contribution in [2.45, 2.75) is 188 Å². The molecule has 2 aliphatic rings. The van der Waals surface area contributed by atoms with Crippen LogP contribution >= 0.6 is 0 Å². The van der Waals surface area contributed by atoms with Crippen LogP contribution < -0.4 is 18.9 Å². The minimum absolute atomic E-state index is 0.000230. The van der Waals surface area contributed by atoms with E-state index in [9.17, 15) is 26.3 Å². The SMILES string of the molecule is Cc1ccc(C(C)(C)c2ccc(C(C)(C)c3ccc(C)cc3)cc2)cc1.Cc1ccc(C2(C)CC(C)(C)c3cc(C)ccc32)cc1.Cc1ccc(C2(c3ccc(C)cc3)c3ccccc3-c3ccccc32)cc1.Cc1ccc(Oc2ccc(C(C)(C)c3ccc(Oc4ccc(C)cc4)cc3)cc2)cc1.Cc1ccc(Oc2ccc(C(c3ccc(Oc4ccc(C)cc4)cc3)(C(F)(F)F)C(F)(F)F)cc2)cc1. The standard InChI is InChI=1S/C29H22F6O2.C29H28O2.C27H22.C26H30.C20H24/c1-19-3-11-23(12-4-19)36-25-15-7-21(8-16-25)27(28(30,31)32,29(33,34)35)22-9-17-26(18-10-22)37-24-13-5-20(2)6-14-24;1-21-5-13-25(14-6-21)30-27-17-9-23(10-18-27)29(3,4)24-11-19-28(20-12-24)31-26-15-7-22(2)8-16-26;1-19-11-15-21(16-12-19)27(22-17-13-20(2)14-18-22)25-9-5-3-7-23(25)24-8-4-6-10-26(24)27;1-19-7-11-21(12-8-19)25(3,4)23-15-17-24(18-16-23)26(5,6)22-13-9-20(2)10-14-22;1-14-6-9-16(10-7-14)20(5)13-19(3,4)18-12-15(2)8-11-17(18)20/h3-18H,1-2H3;5-20H,1-4H3;3-18H,1-2H3;7-18H,1-6H3;6-12H,13H2,1-5H3. The van der Waals surface area contributed by atoms with Crippen molar-refractivity contribution in [1.29, 1.82) is 0 Å². The molecule has 19 rings (SSSR count). The number of alkyl halides is 6. The molecule has 0 saturated carbocycles. The molecule has 0 amide bonds. The van der Waals surface area contributed by atoms with Gasteiger partial charge in [-0.3, -0.25) is 0 Å². The molecule has 0 spiro atoms. The highest BCUT2D eigenvalue weighted by Gasteiger charge is 2.72. The molecule has 1 unspecified atom stereocenters. The molecule has 10 heteroatoms. The Kier molecular flexibility index (Phi) is 29.7. The van der Waals surface area contributed by atoms with Crippen molar-refractivity contribution < 1.29 is 45.3 Å². The lowest BCUT2D eigenvalue weighted by Crippen LogP contribution is -2.54. The number of halogens is 6. The number of hydrogen-bond acceptors (Lipinski definition) is 4. The molecular weight excluding hydrogens is 1750 g/mol. The van der Waals surface area contributed by atoms with Gasteiger partial charge >= 0.3 is 12.4 Å². The van der Waals surface area contributed by atoms with Crippen LogP contribution in [0, 0.1) is 69.2 Å². The van der Waals surface area contributed by atoms with Crippen molar-refractivity contribution >= 4 is 0 Å².